The van der Waals surface area contributed by atoms with Gasteiger partial charge in [-0.3, -0.25) is 9.59 Å². The van der Waals surface area contributed by atoms with E-state index in [1.165, 1.54) is 0 Å². The Morgan fingerprint density at radius 3 is 2.67 bits per heavy atom. The van der Waals surface area contributed by atoms with Crippen molar-refractivity contribution in [3.63, 3.8) is 0 Å². The van der Waals surface area contributed by atoms with Gasteiger partial charge < -0.3 is 10.6 Å². The van der Waals surface area contributed by atoms with Gasteiger partial charge in [0.05, 0.1) is 17.8 Å². The van der Waals surface area contributed by atoms with E-state index >= 15 is 0 Å². The van der Waals surface area contributed by atoms with Crippen LogP contribution in [0.2, 0.25) is 0 Å². The van der Waals surface area contributed by atoms with Crippen LogP contribution < -0.4 is 10.6 Å². The van der Waals surface area contributed by atoms with Gasteiger partial charge in [-0.25, -0.2) is 0 Å². The third kappa shape index (κ3) is 4.26. The summed E-state index contributed by atoms with van der Waals surface area (Å²) in [6, 6.07) is 8.69. The molecule has 0 spiro atoms. The predicted octanol–water partition coefficient (Wildman–Crippen LogP) is 1.41. The van der Waals surface area contributed by atoms with Crippen molar-refractivity contribution in [1.29, 1.82) is 5.26 Å². The topological polar surface area (TPSA) is 82.0 Å². The molecule has 2 amide bonds. The van der Waals surface area contributed by atoms with Gasteiger partial charge in [-0.05, 0) is 18.6 Å². The molecule has 1 aromatic carbocycles. The first kappa shape index (κ1) is 13.7. The van der Waals surface area contributed by atoms with E-state index in [2.05, 4.69) is 10.6 Å². The average Bonchev–Trinajstić information content (AvgIpc) is 2.37. The molecule has 5 heteroatoms. The lowest BCUT2D eigenvalue weighted by molar-refractivity contribution is -0.124. The summed E-state index contributed by atoms with van der Waals surface area (Å²) >= 11 is 0. The minimum Gasteiger partial charge on any atom is -0.347 e. The fraction of sp³-hybridized carbons (Fsp3) is 0.308. The standard InChI is InChI=1S/C13H15N3O2/c1-2-5-12(17)15-9-13(18)16-11-7-4-3-6-10(11)8-14/h3-4,6-7H,2,5,9H2,1H3,(H,15,17)(H,16,18). The molecular formula is C13H15N3O2. The number of rotatable bonds is 5. The first-order valence-corrected chi connectivity index (χ1v) is 5.73. The van der Waals surface area contributed by atoms with E-state index in [1.54, 1.807) is 24.3 Å². The zero-order valence-corrected chi connectivity index (χ0v) is 10.2. The van der Waals surface area contributed by atoms with E-state index in [9.17, 15) is 9.59 Å². The van der Waals surface area contributed by atoms with Gasteiger partial charge in [-0.1, -0.05) is 19.1 Å². The average molecular weight is 245 g/mol. The minimum absolute atomic E-state index is 0.0847. The van der Waals surface area contributed by atoms with Crippen LogP contribution in [0.3, 0.4) is 0 Å². The number of hydrogen-bond donors (Lipinski definition) is 2. The van der Waals surface area contributed by atoms with Gasteiger partial charge in [-0.15, -0.1) is 0 Å². The third-order valence-electron chi connectivity index (χ3n) is 2.24. The monoisotopic (exact) mass is 245 g/mol. The summed E-state index contributed by atoms with van der Waals surface area (Å²) in [4.78, 5) is 22.7. The Balaban J connectivity index is 2.50. The van der Waals surface area contributed by atoms with Crippen LogP contribution in [0.15, 0.2) is 24.3 Å². The van der Waals surface area contributed by atoms with Gasteiger partial charge in [0.15, 0.2) is 0 Å². The molecule has 2 N–H and O–H groups in total. The molecular weight excluding hydrogens is 230 g/mol. The fourth-order valence-corrected chi connectivity index (χ4v) is 1.38. The quantitative estimate of drug-likeness (QED) is 0.822. The minimum atomic E-state index is -0.345. The van der Waals surface area contributed by atoms with Crippen molar-refractivity contribution in [2.24, 2.45) is 0 Å². The molecule has 0 saturated carbocycles. The number of carbonyl (C=O) groups is 2. The lowest BCUT2D eigenvalue weighted by Gasteiger charge is -2.07. The van der Waals surface area contributed by atoms with Crippen LogP contribution in [-0.4, -0.2) is 18.4 Å². The summed E-state index contributed by atoms with van der Waals surface area (Å²) in [6.45, 7) is 1.81. The van der Waals surface area contributed by atoms with E-state index in [0.29, 0.717) is 17.7 Å². The first-order valence-electron chi connectivity index (χ1n) is 5.73. The lowest BCUT2D eigenvalue weighted by atomic mass is 10.2. The summed E-state index contributed by atoms with van der Waals surface area (Å²) < 4.78 is 0. The van der Waals surface area contributed by atoms with Crippen molar-refractivity contribution in [2.45, 2.75) is 19.8 Å². The second-order valence-electron chi connectivity index (χ2n) is 3.73. The van der Waals surface area contributed by atoms with Gasteiger partial charge in [0.2, 0.25) is 11.8 Å². The number of nitrogens with zero attached hydrogens (tertiary/aromatic N) is 1. The smallest absolute Gasteiger partial charge is 0.243 e. The van der Waals surface area contributed by atoms with Gasteiger partial charge in [0, 0.05) is 6.42 Å². The molecule has 5 nitrogen and oxygen atoms in total. The number of carbonyl (C=O) groups excluding carboxylic acids is 2. The van der Waals surface area contributed by atoms with Gasteiger partial charge in [0.25, 0.3) is 0 Å². The summed E-state index contributed by atoms with van der Waals surface area (Å²) in [7, 11) is 0. The summed E-state index contributed by atoms with van der Waals surface area (Å²) in [5.41, 5.74) is 0.848. The highest BCUT2D eigenvalue weighted by Gasteiger charge is 2.07. The highest BCUT2D eigenvalue weighted by atomic mass is 16.2. The highest BCUT2D eigenvalue weighted by molar-refractivity contribution is 5.95. The van der Waals surface area contributed by atoms with E-state index in [0.717, 1.165) is 6.42 Å². The van der Waals surface area contributed by atoms with Crippen LogP contribution >= 0.6 is 0 Å². The molecule has 0 atom stereocenters. The molecule has 94 valence electrons. The molecule has 0 bridgehead atoms. The molecule has 0 aromatic heterocycles. The maximum atomic E-state index is 11.6. The Kier molecular flexibility index (Phi) is 5.39. The summed E-state index contributed by atoms with van der Waals surface area (Å²) in [6.07, 6.45) is 1.15. The zero-order valence-electron chi connectivity index (χ0n) is 10.2. The van der Waals surface area contributed by atoms with Crippen molar-refractivity contribution in [1.82, 2.24) is 5.32 Å². The van der Waals surface area contributed by atoms with E-state index in [4.69, 9.17) is 5.26 Å². The van der Waals surface area contributed by atoms with Crippen LogP contribution in [0, 0.1) is 11.3 Å². The zero-order chi connectivity index (χ0) is 13.4. The maximum Gasteiger partial charge on any atom is 0.243 e. The lowest BCUT2D eigenvalue weighted by Crippen LogP contribution is -2.32. The molecule has 0 aliphatic carbocycles. The summed E-state index contributed by atoms with van der Waals surface area (Å²) in [5, 5.41) is 13.9. The van der Waals surface area contributed by atoms with Gasteiger partial charge >= 0.3 is 0 Å². The van der Waals surface area contributed by atoms with Crippen molar-refractivity contribution >= 4 is 17.5 Å². The number of nitriles is 1. The van der Waals surface area contributed by atoms with Crippen LogP contribution in [0.4, 0.5) is 5.69 Å². The number of nitrogens with one attached hydrogen (secondary N) is 2. The van der Waals surface area contributed by atoms with Crippen LogP contribution in [0.1, 0.15) is 25.3 Å². The van der Waals surface area contributed by atoms with Crippen LogP contribution in [0.25, 0.3) is 0 Å². The molecule has 1 aromatic rings. The Hall–Kier alpha value is -2.35. The Bertz CT molecular complexity index is 477. The number of para-hydroxylation sites is 1. The Morgan fingerprint density at radius 2 is 2.00 bits per heavy atom. The highest BCUT2D eigenvalue weighted by Crippen LogP contribution is 2.12. The summed E-state index contributed by atoms with van der Waals surface area (Å²) in [5.74, 6) is -0.497. The van der Waals surface area contributed by atoms with E-state index in [1.807, 2.05) is 13.0 Å². The second kappa shape index (κ2) is 7.07. The van der Waals surface area contributed by atoms with Gasteiger partial charge in [0.1, 0.15) is 6.07 Å². The molecule has 0 unspecified atom stereocenters. The number of anilines is 1. The molecule has 0 aliphatic rings. The molecule has 0 radical (unpaired) electrons. The van der Waals surface area contributed by atoms with Crippen molar-refractivity contribution in [3.8, 4) is 6.07 Å². The SMILES string of the molecule is CCCC(=O)NCC(=O)Nc1ccccc1C#N. The Labute approximate surface area is 106 Å². The molecule has 0 aliphatic heterocycles. The van der Waals surface area contributed by atoms with E-state index < -0.39 is 0 Å². The fourth-order valence-electron chi connectivity index (χ4n) is 1.38. The number of amides is 2. The van der Waals surface area contributed by atoms with Crippen LogP contribution in [0.5, 0.6) is 0 Å². The molecule has 0 heterocycles. The first-order chi connectivity index (χ1) is 8.67. The molecule has 0 fully saturated rings. The van der Waals surface area contributed by atoms with Crippen molar-refractivity contribution in [2.75, 3.05) is 11.9 Å². The normalized spacial score (nSPS) is 9.33. The second-order valence-corrected chi connectivity index (χ2v) is 3.73. The number of hydrogen-bond acceptors (Lipinski definition) is 3. The van der Waals surface area contributed by atoms with E-state index in [-0.39, 0.29) is 18.4 Å². The maximum absolute atomic E-state index is 11.6. The van der Waals surface area contributed by atoms with Crippen LogP contribution in [-0.2, 0) is 9.59 Å². The van der Waals surface area contributed by atoms with Crippen molar-refractivity contribution < 1.29 is 9.59 Å². The third-order valence-corrected chi connectivity index (χ3v) is 2.24. The Morgan fingerprint density at radius 1 is 1.28 bits per heavy atom. The molecule has 18 heavy (non-hydrogen) atoms. The largest absolute Gasteiger partial charge is 0.347 e. The molecule has 0 saturated heterocycles. The number of benzene rings is 1. The molecule has 1 rings (SSSR count). The van der Waals surface area contributed by atoms with Crippen molar-refractivity contribution in [3.05, 3.63) is 29.8 Å². The predicted molar refractivity (Wildman–Crippen MR) is 67.7 cm³/mol. The van der Waals surface area contributed by atoms with Gasteiger partial charge in [-0.2, -0.15) is 5.26 Å².